The zero-order valence-corrected chi connectivity index (χ0v) is 10.7. The van der Waals surface area contributed by atoms with Crippen LogP contribution in [0.15, 0.2) is 18.2 Å². The molecule has 0 aromatic heterocycles. The van der Waals surface area contributed by atoms with E-state index in [2.05, 4.69) is 4.90 Å². The molecule has 1 aliphatic heterocycles. The number of nitrogens with two attached hydrogens (primary N) is 1. The Morgan fingerprint density at radius 2 is 2.33 bits per heavy atom. The molecule has 0 radical (unpaired) electrons. The zero-order valence-electron chi connectivity index (χ0n) is 9.90. The Morgan fingerprint density at radius 1 is 1.56 bits per heavy atom. The van der Waals surface area contributed by atoms with E-state index < -0.39 is 0 Å². The van der Waals surface area contributed by atoms with Crippen molar-refractivity contribution in [3.05, 3.63) is 28.8 Å². The lowest BCUT2D eigenvalue weighted by Crippen LogP contribution is -2.41. The third kappa shape index (κ3) is 2.57. The van der Waals surface area contributed by atoms with Crippen molar-refractivity contribution in [2.24, 2.45) is 11.7 Å². The van der Waals surface area contributed by atoms with E-state index >= 15 is 0 Å². The van der Waals surface area contributed by atoms with Gasteiger partial charge in [-0.3, -0.25) is 4.79 Å². The number of nitrogens with zero attached hydrogens (tertiary/aromatic N) is 2. The second-order valence-corrected chi connectivity index (χ2v) is 4.87. The number of hydrogen-bond donors (Lipinski definition) is 1. The van der Waals surface area contributed by atoms with Gasteiger partial charge >= 0.3 is 0 Å². The van der Waals surface area contributed by atoms with Crippen LogP contribution in [0.5, 0.6) is 0 Å². The van der Waals surface area contributed by atoms with Crippen molar-refractivity contribution in [2.75, 3.05) is 18.0 Å². The van der Waals surface area contributed by atoms with Gasteiger partial charge in [0.1, 0.15) is 0 Å². The molecule has 2 rings (SSSR count). The van der Waals surface area contributed by atoms with Crippen LogP contribution in [-0.2, 0) is 4.79 Å². The number of halogens is 1. The third-order valence-electron chi connectivity index (χ3n) is 3.24. The van der Waals surface area contributed by atoms with Gasteiger partial charge in [0.2, 0.25) is 5.91 Å². The van der Waals surface area contributed by atoms with Gasteiger partial charge in [-0.15, -0.1) is 0 Å². The average Bonchev–Trinajstić information content (AvgIpc) is 2.38. The van der Waals surface area contributed by atoms with Gasteiger partial charge in [0, 0.05) is 13.1 Å². The van der Waals surface area contributed by atoms with Crippen molar-refractivity contribution in [3.63, 3.8) is 0 Å². The summed E-state index contributed by atoms with van der Waals surface area (Å²) in [6, 6.07) is 7.25. The van der Waals surface area contributed by atoms with E-state index in [4.69, 9.17) is 22.6 Å². The quantitative estimate of drug-likeness (QED) is 0.886. The van der Waals surface area contributed by atoms with E-state index in [-0.39, 0.29) is 11.8 Å². The van der Waals surface area contributed by atoms with Crippen molar-refractivity contribution in [3.8, 4) is 6.07 Å². The van der Waals surface area contributed by atoms with E-state index in [0.29, 0.717) is 17.1 Å². The molecule has 1 fully saturated rings. The summed E-state index contributed by atoms with van der Waals surface area (Å²) in [6.07, 6.45) is 1.75. The molecule has 0 bridgehead atoms. The van der Waals surface area contributed by atoms with Crippen LogP contribution in [0.4, 0.5) is 5.69 Å². The molecule has 1 atom stereocenters. The smallest absolute Gasteiger partial charge is 0.222 e. The highest BCUT2D eigenvalue weighted by atomic mass is 35.5. The number of primary amides is 1. The number of rotatable bonds is 2. The highest BCUT2D eigenvalue weighted by molar-refractivity contribution is 6.33. The lowest BCUT2D eigenvalue weighted by Gasteiger charge is -2.33. The Labute approximate surface area is 111 Å². The molecule has 1 unspecified atom stereocenters. The molecular formula is C13H14ClN3O. The largest absolute Gasteiger partial charge is 0.370 e. The van der Waals surface area contributed by atoms with Gasteiger partial charge in [-0.1, -0.05) is 11.6 Å². The number of nitriles is 1. The summed E-state index contributed by atoms with van der Waals surface area (Å²) in [5.74, 6) is -0.380. The minimum absolute atomic E-state index is 0.120. The van der Waals surface area contributed by atoms with Gasteiger partial charge in [0.25, 0.3) is 0 Å². The molecule has 1 aromatic carbocycles. The highest BCUT2D eigenvalue weighted by Gasteiger charge is 2.25. The maximum Gasteiger partial charge on any atom is 0.222 e. The predicted molar refractivity (Wildman–Crippen MR) is 70.3 cm³/mol. The summed E-state index contributed by atoms with van der Waals surface area (Å²) < 4.78 is 0. The zero-order chi connectivity index (χ0) is 13.1. The van der Waals surface area contributed by atoms with Gasteiger partial charge in [-0.25, -0.2) is 0 Å². The Kier molecular flexibility index (Phi) is 3.73. The van der Waals surface area contributed by atoms with Crippen LogP contribution in [0.1, 0.15) is 18.4 Å². The molecule has 2 N–H and O–H groups in total. The summed E-state index contributed by atoms with van der Waals surface area (Å²) in [7, 11) is 0. The van der Waals surface area contributed by atoms with Crippen LogP contribution in [0.25, 0.3) is 0 Å². The molecule has 1 saturated heterocycles. The molecule has 1 amide bonds. The molecule has 4 nitrogen and oxygen atoms in total. The van der Waals surface area contributed by atoms with Crippen LogP contribution >= 0.6 is 11.6 Å². The fourth-order valence-electron chi connectivity index (χ4n) is 2.26. The summed E-state index contributed by atoms with van der Waals surface area (Å²) in [6.45, 7) is 1.45. The van der Waals surface area contributed by atoms with Gasteiger partial charge < -0.3 is 10.6 Å². The van der Waals surface area contributed by atoms with Crippen LogP contribution in [0, 0.1) is 17.2 Å². The number of hydrogen-bond acceptors (Lipinski definition) is 3. The molecule has 94 valence electrons. The molecule has 0 saturated carbocycles. The maximum absolute atomic E-state index is 11.2. The number of amides is 1. The molecular weight excluding hydrogens is 250 g/mol. The second kappa shape index (κ2) is 5.28. The standard InChI is InChI=1S/C13H14ClN3O/c14-11-6-9(7-15)3-4-12(11)17-5-1-2-10(8-17)13(16)18/h3-4,6,10H,1-2,5,8H2,(H2,16,18). The normalized spacial score (nSPS) is 19.3. The average molecular weight is 264 g/mol. The molecule has 18 heavy (non-hydrogen) atoms. The van der Waals surface area contributed by atoms with Crippen LogP contribution in [0.2, 0.25) is 5.02 Å². The minimum atomic E-state index is -0.260. The van der Waals surface area contributed by atoms with Gasteiger partial charge in [0.05, 0.1) is 28.3 Å². The molecule has 1 aromatic rings. The lowest BCUT2D eigenvalue weighted by molar-refractivity contribution is -0.122. The van der Waals surface area contributed by atoms with Crippen molar-refractivity contribution in [1.82, 2.24) is 0 Å². The first kappa shape index (κ1) is 12.7. The fraction of sp³-hybridized carbons (Fsp3) is 0.385. The van der Waals surface area contributed by atoms with E-state index in [9.17, 15) is 4.79 Å². The van der Waals surface area contributed by atoms with E-state index in [1.54, 1.807) is 12.1 Å². The van der Waals surface area contributed by atoms with E-state index in [1.807, 2.05) is 12.1 Å². The summed E-state index contributed by atoms with van der Waals surface area (Å²) in [4.78, 5) is 13.3. The van der Waals surface area contributed by atoms with E-state index in [0.717, 1.165) is 25.1 Å². The third-order valence-corrected chi connectivity index (χ3v) is 3.54. The Bertz CT molecular complexity index is 509. The maximum atomic E-state index is 11.2. The Morgan fingerprint density at radius 3 is 2.94 bits per heavy atom. The summed E-state index contributed by atoms with van der Waals surface area (Å²) >= 11 is 6.16. The molecule has 1 heterocycles. The number of piperidine rings is 1. The molecule has 1 aliphatic rings. The van der Waals surface area contributed by atoms with Crippen molar-refractivity contribution >= 4 is 23.2 Å². The van der Waals surface area contributed by atoms with Crippen molar-refractivity contribution < 1.29 is 4.79 Å². The first-order chi connectivity index (χ1) is 8.61. The SMILES string of the molecule is N#Cc1ccc(N2CCCC(C(N)=O)C2)c(Cl)c1. The second-order valence-electron chi connectivity index (χ2n) is 4.47. The number of carbonyl (C=O) groups is 1. The Balaban J connectivity index is 2.21. The highest BCUT2D eigenvalue weighted by Crippen LogP contribution is 2.30. The summed E-state index contributed by atoms with van der Waals surface area (Å²) in [5.41, 5.74) is 6.75. The van der Waals surface area contributed by atoms with Crippen LogP contribution in [0.3, 0.4) is 0 Å². The van der Waals surface area contributed by atoms with Crippen LogP contribution < -0.4 is 10.6 Å². The monoisotopic (exact) mass is 263 g/mol. The minimum Gasteiger partial charge on any atom is -0.370 e. The number of anilines is 1. The lowest BCUT2D eigenvalue weighted by atomic mass is 9.97. The van der Waals surface area contributed by atoms with Gasteiger partial charge in [-0.2, -0.15) is 5.26 Å². The topological polar surface area (TPSA) is 70.1 Å². The first-order valence-electron chi connectivity index (χ1n) is 5.85. The number of carbonyl (C=O) groups excluding carboxylic acids is 1. The molecule has 0 aliphatic carbocycles. The predicted octanol–water partition coefficient (Wildman–Crippen LogP) is 1.91. The van der Waals surface area contributed by atoms with Gasteiger partial charge in [-0.05, 0) is 31.0 Å². The van der Waals surface area contributed by atoms with E-state index in [1.165, 1.54) is 0 Å². The molecule has 5 heteroatoms. The Hall–Kier alpha value is -1.73. The molecule has 0 spiro atoms. The van der Waals surface area contributed by atoms with Crippen molar-refractivity contribution in [2.45, 2.75) is 12.8 Å². The first-order valence-corrected chi connectivity index (χ1v) is 6.23. The van der Waals surface area contributed by atoms with Crippen molar-refractivity contribution in [1.29, 1.82) is 5.26 Å². The fourth-order valence-corrected chi connectivity index (χ4v) is 2.56. The number of benzene rings is 1. The summed E-state index contributed by atoms with van der Waals surface area (Å²) in [5, 5.41) is 9.34. The van der Waals surface area contributed by atoms with Crippen LogP contribution in [-0.4, -0.2) is 19.0 Å². The van der Waals surface area contributed by atoms with Gasteiger partial charge in [0.15, 0.2) is 0 Å².